The van der Waals surface area contributed by atoms with Crippen LogP contribution in [0.5, 0.6) is 0 Å². The van der Waals surface area contributed by atoms with Crippen LogP contribution in [0.2, 0.25) is 0 Å². The Labute approximate surface area is 138 Å². The summed E-state index contributed by atoms with van der Waals surface area (Å²) in [6, 6.07) is 11.4. The van der Waals surface area contributed by atoms with Crippen LogP contribution in [0.15, 0.2) is 47.3 Å². The first-order valence-corrected chi connectivity index (χ1v) is 8.81. The third-order valence-corrected chi connectivity index (χ3v) is 5.78. The molecule has 1 heterocycles. The maximum atomic E-state index is 13.4. The molecule has 0 aliphatic carbocycles. The van der Waals surface area contributed by atoms with Crippen LogP contribution in [0.3, 0.4) is 0 Å². The van der Waals surface area contributed by atoms with E-state index in [1.165, 1.54) is 18.3 Å². The molecule has 0 bridgehead atoms. The Hall–Kier alpha value is -2.17. The average molecular weight is 377 g/mol. The van der Waals surface area contributed by atoms with E-state index in [9.17, 15) is 14.4 Å². The second-order valence-electron chi connectivity index (χ2n) is 5.47. The van der Waals surface area contributed by atoms with Gasteiger partial charge in [-0.2, -0.15) is 0 Å². The molecule has 0 atom stereocenters. The summed E-state index contributed by atoms with van der Waals surface area (Å²) in [6.07, 6.45) is 1.49. The number of aromatic nitrogens is 1. The predicted octanol–water partition coefficient (Wildman–Crippen LogP) is 2.52. The summed E-state index contributed by atoms with van der Waals surface area (Å²) in [7, 11) is 0. The molecule has 0 N–H and O–H groups in total. The van der Waals surface area contributed by atoms with Crippen LogP contribution in [0.25, 0.3) is 15.3 Å². The van der Waals surface area contributed by atoms with Gasteiger partial charge in [0.2, 0.25) is 0 Å². The Morgan fingerprint density at radius 1 is 1.26 bits per heavy atom. The van der Waals surface area contributed by atoms with Crippen molar-refractivity contribution in [2.75, 3.05) is 0 Å². The van der Waals surface area contributed by atoms with Gasteiger partial charge in [0.25, 0.3) is 0 Å². The minimum atomic E-state index is -0.417. The maximum absolute atomic E-state index is 13.4. The quantitative estimate of drug-likeness (QED) is 0.232. The molecule has 1 aromatic heterocycles. The molecule has 0 fully saturated rings. The molecule has 2 aromatic carbocycles. The van der Waals surface area contributed by atoms with E-state index in [0.29, 0.717) is 16.6 Å². The molecule has 3 aromatic rings. The number of halogens is 1. The number of hydrogen-bond donors (Lipinski definition) is 0. The molecule has 118 valence electrons. The van der Waals surface area contributed by atoms with Crippen LogP contribution in [-0.4, -0.2) is 35.3 Å². The van der Waals surface area contributed by atoms with Crippen LogP contribution in [0, 0.1) is 11.0 Å². The van der Waals surface area contributed by atoms with Crippen LogP contribution in [0.1, 0.15) is 19.4 Å². The van der Waals surface area contributed by atoms with Crippen molar-refractivity contribution in [2.24, 2.45) is 0 Å². The van der Waals surface area contributed by atoms with Crippen molar-refractivity contribution in [3.05, 3.63) is 69.4 Å². The third-order valence-electron chi connectivity index (χ3n) is 3.48. The van der Waals surface area contributed by atoms with Gasteiger partial charge >= 0.3 is 138 Å². The van der Waals surface area contributed by atoms with Gasteiger partial charge < -0.3 is 0 Å². The zero-order valence-corrected chi connectivity index (χ0v) is 14.4. The van der Waals surface area contributed by atoms with Gasteiger partial charge in [-0.1, -0.05) is 0 Å². The summed E-state index contributed by atoms with van der Waals surface area (Å²) in [5.74, 6) is -0.417. The van der Waals surface area contributed by atoms with Gasteiger partial charge in [-0.3, -0.25) is 0 Å². The number of hydrogen-bond acceptors (Lipinski definition) is 2. The molecule has 0 saturated carbocycles. The van der Waals surface area contributed by atoms with E-state index in [4.69, 9.17) is 0 Å². The molecular formula is C17H15FN2O2Se. The van der Waals surface area contributed by atoms with E-state index >= 15 is 0 Å². The summed E-state index contributed by atoms with van der Waals surface area (Å²) < 4.78 is 16.7. The second kappa shape index (κ2) is 6.14. The van der Waals surface area contributed by atoms with Gasteiger partial charge in [0.15, 0.2) is 0 Å². The minimum absolute atomic E-state index is 0.186. The van der Waals surface area contributed by atoms with Gasteiger partial charge in [0.05, 0.1) is 0 Å². The summed E-state index contributed by atoms with van der Waals surface area (Å²) >= 11 is -0.268. The molecule has 0 amide bonds. The average Bonchev–Trinajstić information content (AvgIpc) is 2.84. The van der Waals surface area contributed by atoms with E-state index in [1.807, 2.05) is 18.2 Å². The summed E-state index contributed by atoms with van der Waals surface area (Å²) in [6.45, 7) is 3.60. The van der Waals surface area contributed by atoms with Crippen LogP contribution < -0.4 is 5.56 Å². The van der Waals surface area contributed by atoms with Crippen molar-refractivity contribution < 1.29 is 9.13 Å². The molecule has 0 saturated heterocycles. The predicted molar refractivity (Wildman–Crippen MR) is 90.4 cm³/mol. The van der Waals surface area contributed by atoms with E-state index < -0.39 is 5.82 Å². The molecule has 23 heavy (non-hydrogen) atoms. The van der Waals surface area contributed by atoms with Gasteiger partial charge in [0.1, 0.15) is 0 Å². The summed E-state index contributed by atoms with van der Waals surface area (Å²) in [5, 5.41) is 12.3. The molecule has 0 spiro atoms. The van der Waals surface area contributed by atoms with Crippen molar-refractivity contribution in [2.45, 2.75) is 19.9 Å². The standard InChI is InChI=1S/C17H15FN2O2Se/c1-11(2)19(22)10-12-5-3-4-6-15(12)20-17(21)14-9-13(18)7-8-16(14)23-20/h3-11H,1-2H3. The first-order chi connectivity index (χ1) is 11.0. The number of fused-ring (bicyclic) bond motifs is 1. The van der Waals surface area contributed by atoms with Crippen molar-refractivity contribution in [3.8, 4) is 5.69 Å². The first-order valence-electron chi connectivity index (χ1n) is 7.18. The zero-order valence-electron chi connectivity index (χ0n) is 12.7. The molecule has 0 radical (unpaired) electrons. The second-order valence-corrected chi connectivity index (χ2v) is 7.54. The van der Waals surface area contributed by atoms with E-state index in [-0.39, 0.29) is 26.3 Å². The number of nitrogens with zero attached hydrogens (tertiary/aromatic N) is 2. The van der Waals surface area contributed by atoms with Crippen LogP contribution in [0.4, 0.5) is 4.39 Å². The Bertz CT molecular complexity index is 957. The summed E-state index contributed by atoms with van der Waals surface area (Å²) in [5.41, 5.74) is 1.14. The molecule has 0 unspecified atom stereocenters. The third kappa shape index (κ3) is 3.00. The molecule has 4 nitrogen and oxygen atoms in total. The molecule has 0 aliphatic heterocycles. The number of hydroxylamine groups is 1. The number of benzene rings is 2. The SMILES string of the molecule is CC(C)[N+]([O-])=Cc1ccccc1-n1[se]c2ccc(F)cc2c1=O. The van der Waals surface area contributed by atoms with Gasteiger partial charge in [-0.25, -0.2) is 0 Å². The Balaban J connectivity index is 2.22. The van der Waals surface area contributed by atoms with Crippen LogP contribution >= 0.6 is 0 Å². The normalized spacial score (nSPS) is 12.3. The van der Waals surface area contributed by atoms with Crippen LogP contribution in [-0.2, 0) is 0 Å². The monoisotopic (exact) mass is 378 g/mol. The van der Waals surface area contributed by atoms with Crippen molar-refractivity contribution in [1.82, 2.24) is 3.56 Å². The summed E-state index contributed by atoms with van der Waals surface area (Å²) in [4.78, 5) is 12.6. The van der Waals surface area contributed by atoms with Gasteiger partial charge in [0, 0.05) is 0 Å². The fourth-order valence-corrected chi connectivity index (χ4v) is 4.36. The Morgan fingerprint density at radius 2 is 2.00 bits per heavy atom. The Morgan fingerprint density at radius 3 is 2.74 bits per heavy atom. The fourth-order valence-electron chi connectivity index (χ4n) is 2.22. The number of para-hydroxylation sites is 1. The molecule has 6 heteroatoms. The Kier molecular flexibility index (Phi) is 4.20. The fraction of sp³-hybridized carbons (Fsp3) is 0.176. The topological polar surface area (TPSA) is 48.1 Å². The van der Waals surface area contributed by atoms with E-state index in [2.05, 4.69) is 0 Å². The zero-order chi connectivity index (χ0) is 16.6. The van der Waals surface area contributed by atoms with E-state index in [1.54, 1.807) is 29.5 Å². The van der Waals surface area contributed by atoms with Gasteiger partial charge in [-0.05, 0) is 0 Å². The van der Waals surface area contributed by atoms with Crippen molar-refractivity contribution in [1.29, 1.82) is 0 Å². The van der Waals surface area contributed by atoms with Crippen molar-refractivity contribution in [3.63, 3.8) is 0 Å². The van der Waals surface area contributed by atoms with Gasteiger partial charge in [-0.15, -0.1) is 0 Å². The first kappa shape index (κ1) is 15.7. The molecular weight excluding hydrogens is 362 g/mol. The molecule has 0 aliphatic rings. The number of rotatable bonds is 3. The van der Waals surface area contributed by atoms with E-state index in [0.717, 1.165) is 9.00 Å². The van der Waals surface area contributed by atoms with Crippen molar-refractivity contribution >= 4 is 30.6 Å². The molecule has 3 rings (SSSR count).